The zero-order valence-electron chi connectivity index (χ0n) is 66.6. The Hall–Kier alpha value is -8.26. The molecule has 5 heterocycles. The van der Waals surface area contributed by atoms with Crippen LogP contribution in [0.1, 0.15) is 118 Å². The molecule has 5 aliphatic rings. The van der Waals surface area contributed by atoms with E-state index in [-0.39, 0.29) is 105 Å². The number of carbonyl (C=O) groups is 4. The first-order valence-corrected chi connectivity index (χ1v) is 40.5. The molecule has 0 spiro atoms. The largest absolute Gasteiger partial charge is 0.463 e. The van der Waals surface area contributed by atoms with Crippen molar-refractivity contribution in [1.82, 2.24) is 0 Å². The molecular formula is C91H110O25. The van der Waals surface area contributed by atoms with Gasteiger partial charge in [-0.15, -0.1) is 0 Å². The van der Waals surface area contributed by atoms with Gasteiger partial charge in [-0.1, -0.05) is 240 Å². The van der Waals surface area contributed by atoms with Crippen LogP contribution in [-0.2, 0) is 165 Å². The van der Waals surface area contributed by atoms with Gasteiger partial charge in [0.25, 0.3) is 0 Å². The molecule has 5 saturated heterocycles. The van der Waals surface area contributed by atoms with Crippen LogP contribution < -0.4 is 0 Å². The number of ether oxygens (including phenoxy) is 21. The number of esters is 4. The van der Waals surface area contributed by atoms with Crippen LogP contribution >= 0.6 is 0 Å². The third-order valence-electron chi connectivity index (χ3n) is 20.3. The van der Waals surface area contributed by atoms with Crippen LogP contribution in [0.15, 0.2) is 212 Å². The molecule has 7 aromatic carbocycles. The summed E-state index contributed by atoms with van der Waals surface area (Å²) in [6, 6.07) is 67.2. The molecule has 0 N–H and O–H groups in total. The van der Waals surface area contributed by atoms with E-state index in [0.29, 0.717) is 25.7 Å². The van der Waals surface area contributed by atoms with E-state index in [1.807, 2.05) is 240 Å². The lowest BCUT2D eigenvalue weighted by molar-refractivity contribution is -0.276. The summed E-state index contributed by atoms with van der Waals surface area (Å²) in [7, 11) is 1.49. The summed E-state index contributed by atoms with van der Waals surface area (Å²) in [5.74, 6) is -1.76. The number of rotatable bonds is 47. The summed E-state index contributed by atoms with van der Waals surface area (Å²) < 4.78 is 143. The molecule has 0 amide bonds. The van der Waals surface area contributed by atoms with E-state index in [1.165, 1.54) is 7.11 Å². The Balaban J connectivity index is 0.922. The fraction of sp³-hybridized carbons (Fsp3) is 0.495. The van der Waals surface area contributed by atoms with Gasteiger partial charge in [-0.05, 0) is 64.6 Å². The van der Waals surface area contributed by atoms with Crippen LogP contribution in [0.25, 0.3) is 0 Å². The Morgan fingerprint density at radius 2 is 0.448 bits per heavy atom. The highest BCUT2D eigenvalue weighted by atomic mass is 16.8. The smallest absolute Gasteiger partial charge is 0.305 e. The Labute approximate surface area is 679 Å². The minimum absolute atomic E-state index is 0.0381. The fourth-order valence-electron chi connectivity index (χ4n) is 14.4. The van der Waals surface area contributed by atoms with E-state index in [1.54, 1.807) is 0 Å². The molecule has 0 bridgehead atoms. The van der Waals surface area contributed by atoms with Gasteiger partial charge in [0.2, 0.25) is 0 Å². The molecule has 5 fully saturated rings. The summed E-state index contributed by atoms with van der Waals surface area (Å²) in [6.45, 7) is 6.80. The van der Waals surface area contributed by atoms with Crippen LogP contribution in [-0.4, -0.2) is 187 Å². The van der Waals surface area contributed by atoms with Gasteiger partial charge in [-0.2, -0.15) is 0 Å². The summed E-state index contributed by atoms with van der Waals surface area (Å²) in [6.07, 6.45) is -19.7. The van der Waals surface area contributed by atoms with E-state index in [2.05, 4.69) is 0 Å². The Kier molecular flexibility index (Phi) is 34.7. The molecule has 12 rings (SSSR count). The van der Waals surface area contributed by atoms with Gasteiger partial charge in [0.1, 0.15) is 118 Å². The minimum Gasteiger partial charge on any atom is -0.463 e. The maximum absolute atomic E-state index is 13.6. The summed E-state index contributed by atoms with van der Waals surface area (Å²) in [5, 5.41) is 0. The van der Waals surface area contributed by atoms with Gasteiger partial charge in [0.05, 0.1) is 52.9 Å². The number of methoxy groups -OCH3 is 1. The number of hydrogen-bond acceptors (Lipinski definition) is 25. The lowest BCUT2D eigenvalue weighted by atomic mass is 10.1. The third-order valence-corrected chi connectivity index (χ3v) is 20.3. The first kappa shape index (κ1) is 87.1. The summed E-state index contributed by atoms with van der Waals surface area (Å²) >= 11 is 0. The maximum Gasteiger partial charge on any atom is 0.305 e. The summed E-state index contributed by atoms with van der Waals surface area (Å²) in [4.78, 5) is 53.6. The van der Waals surface area contributed by atoms with Gasteiger partial charge in [0, 0.05) is 32.8 Å². The third kappa shape index (κ3) is 25.4. The molecule has 624 valence electrons. The zero-order chi connectivity index (χ0) is 80.6. The highest BCUT2D eigenvalue weighted by molar-refractivity contribution is 5.70. The molecule has 0 radical (unpaired) electrons. The maximum atomic E-state index is 13.6. The molecule has 0 unspecified atom stereocenters. The van der Waals surface area contributed by atoms with Crippen molar-refractivity contribution in [3.8, 4) is 0 Å². The first-order valence-electron chi connectivity index (χ1n) is 40.5. The predicted octanol–water partition coefficient (Wildman–Crippen LogP) is 12.9. The van der Waals surface area contributed by atoms with Crippen molar-refractivity contribution in [2.24, 2.45) is 0 Å². The second kappa shape index (κ2) is 46.2. The van der Waals surface area contributed by atoms with Crippen molar-refractivity contribution in [3.63, 3.8) is 0 Å². The molecule has 5 aliphatic heterocycles. The minimum atomic E-state index is -1.46. The summed E-state index contributed by atoms with van der Waals surface area (Å²) in [5.41, 5.74) is 5.88. The second-order valence-corrected chi connectivity index (χ2v) is 29.1. The molecule has 25 heteroatoms. The van der Waals surface area contributed by atoms with Crippen molar-refractivity contribution >= 4 is 23.9 Å². The second-order valence-electron chi connectivity index (χ2n) is 29.1. The average molecular weight is 1600 g/mol. The SMILES string of the molecule is CCCC(=O)OC[C@H]1O[C@@H](O[C@@H]2[C@@H](OC[C@H]3O[C@H](OC)[C@@H](OCc4ccccc4)[C@@H]3O[C@H]3O[C@H](COC(=O)CCC)[C@@H](OCc4ccccc4)[C@@H]3O[C@@H]3O[C@H](COC(=O)CCC)[C@@H](OCc4ccccc4)[C@@H]3OCc3ccccc3)O[C@H](COC(=O)CCC)[C@H]2OCc2ccccc2)[C@@H](OCc2ccccc2)[C@@H]1OCc1ccccc1. The zero-order valence-corrected chi connectivity index (χ0v) is 66.6. The van der Waals surface area contributed by atoms with Gasteiger partial charge in [-0.25, -0.2) is 0 Å². The van der Waals surface area contributed by atoms with Gasteiger partial charge < -0.3 is 99.5 Å². The van der Waals surface area contributed by atoms with Gasteiger partial charge >= 0.3 is 23.9 Å². The van der Waals surface area contributed by atoms with Crippen molar-refractivity contribution in [1.29, 1.82) is 0 Å². The average Bonchev–Trinajstić information content (AvgIpc) is 1.62. The first-order chi connectivity index (χ1) is 56.9. The van der Waals surface area contributed by atoms with Crippen LogP contribution in [0.3, 0.4) is 0 Å². The highest BCUT2D eigenvalue weighted by Gasteiger charge is 2.59. The molecule has 0 saturated carbocycles. The monoisotopic (exact) mass is 1600 g/mol. The molecule has 116 heavy (non-hydrogen) atoms. The molecule has 20 atom stereocenters. The number of carbonyl (C=O) groups excluding carboxylic acids is 4. The van der Waals surface area contributed by atoms with E-state index in [4.69, 9.17) is 99.5 Å². The van der Waals surface area contributed by atoms with Crippen molar-refractivity contribution in [2.45, 2.75) is 248 Å². The molecule has 25 nitrogen and oxygen atoms in total. The molecular weight excluding hydrogens is 1490 g/mol. The predicted molar refractivity (Wildman–Crippen MR) is 419 cm³/mol. The normalized spacial score (nSPS) is 27.6. The topological polar surface area (TPSA) is 262 Å². The van der Waals surface area contributed by atoms with Crippen molar-refractivity contribution in [2.75, 3.05) is 40.1 Å². The van der Waals surface area contributed by atoms with Crippen LogP contribution in [0, 0.1) is 0 Å². The van der Waals surface area contributed by atoms with E-state index >= 15 is 0 Å². The Bertz CT molecular complexity index is 3970. The van der Waals surface area contributed by atoms with Crippen molar-refractivity contribution < 1.29 is 119 Å². The molecule has 0 aromatic heterocycles. The Morgan fingerprint density at radius 1 is 0.241 bits per heavy atom. The van der Waals surface area contributed by atoms with Crippen molar-refractivity contribution in [3.05, 3.63) is 251 Å². The van der Waals surface area contributed by atoms with E-state index in [0.717, 1.165) is 38.9 Å². The molecule has 7 aromatic rings. The number of hydrogen-bond donors (Lipinski definition) is 0. The lowest BCUT2D eigenvalue weighted by Gasteiger charge is -2.33. The molecule has 0 aliphatic carbocycles. The van der Waals surface area contributed by atoms with E-state index in [9.17, 15) is 19.2 Å². The number of benzene rings is 7. The Morgan fingerprint density at radius 3 is 0.716 bits per heavy atom. The quantitative estimate of drug-likeness (QED) is 0.0253. The lowest BCUT2D eigenvalue weighted by Crippen LogP contribution is -2.49. The van der Waals surface area contributed by atoms with Crippen LogP contribution in [0.2, 0.25) is 0 Å². The fourth-order valence-corrected chi connectivity index (χ4v) is 14.4. The van der Waals surface area contributed by atoms with Gasteiger partial charge in [-0.3, -0.25) is 19.2 Å². The van der Waals surface area contributed by atoms with Gasteiger partial charge in [0.15, 0.2) is 31.5 Å². The highest BCUT2D eigenvalue weighted by Crippen LogP contribution is 2.41. The standard InChI is InChI=1S/C91H110O25/c1-6-31-73(92)97-56-68-77(101-49-61-35-17-10-18-36-61)82(105-53-65-43-25-14-26-44-65)89(111-68)115-85-79(103-51-63-39-21-12-22-40-63)70(58-99-75(94)33-8-3)110-88(85)108-60-72-81(84(87(96-5)109-72)107-55-67-47-29-16-30-48-67)114-91-86(80(104-52-64-41-23-13-24-42-64)71(113-91)59-100-76(95)34-9-4)116-90-83(106-54-66-45-27-15-28-46-66)78(102-50-62-37-19-11-20-38-62)69(112-90)57-98-74(93)32-7-2/h10-30,35-48,68-72,77-91H,6-9,31-34,49-60H2,1-5H3/t68-,69-,70-,71-,72-,77-,78-,79-,80-,81-,82+,83+,84+,85+,86+,87+,88+,89+,90+,91-/m1/s1. The van der Waals surface area contributed by atoms with Crippen LogP contribution in [0.4, 0.5) is 0 Å². The van der Waals surface area contributed by atoms with E-state index < -0.39 is 147 Å². The van der Waals surface area contributed by atoms with Crippen LogP contribution in [0.5, 0.6) is 0 Å².